The van der Waals surface area contributed by atoms with Gasteiger partial charge in [-0.2, -0.15) is 0 Å². The summed E-state index contributed by atoms with van der Waals surface area (Å²) in [6.45, 7) is 5.03. The molecule has 0 amide bonds. The number of likely N-dealkylation sites (tertiary alicyclic amines) is 1. The van der Waals surface area contributed by atoms with Gasteiger partial charge in [-0.15, -0.1) is 0 Å². The van der Waals surface area contributed by atoms with E-state index in [0.29, 0.717) is 5.41 Å². The van der Waals surface area contributed by atoms with Gasteiger partial charge in [0, 0.05) is 13.7 Å². The molecule has 4 heteroatoms. The van der Waals surface area contributed by atoms with Crippen LogP contribution >= 0.6 is 0 Å². The number of rotatable bonds is 5. The Morgan fingerprint density at radius 3 is 2.68 bits per heavy atom. The zero-order chi connectivity index (χ0) is 15.4. The molecule has 3 nitrogen and oxygen atoms in total. The van der Waals surface area contributed by atoms with Gasteiger partial charge in [0.2, 0.25) is 0 Å². The van der Waals surface area contributed by atoms with Crippen LogP contribution in [0.25, 0.3) is 0 Å². The predicted octanol–water partition coefficient (Wildman–Crippen LogP) is 2.89. The molecule has 2 heterocycles. The summed E-state index contributed by atoms with van der Waals surface area (Å²) in [4.78, 5) is 2.49. The van der Waals surface area contributed by atoms with Crippen molar-refractivity contribution in [1.82, 2.24) is 4.90 Å². The third-order valence-electron chi connectivity index (χ3n) is 5.19. The van der Waals surface area contributed by atoms with Crippen LogP contribution in [0.3, 0.4) is 0 Å². The second kappa shape index (κ2) is 7.07. The summed E-state index contributed by atoms with van der Waals surface area (Å²) < 4.78 is 24.2. The van der Waals surface area contributed by atoms with Gasteiger partial charge in [-0.05, 0) is 61.9 Å². The Kier molecular flexibility index (Phi) is 5.11. The van der Waals surface area contributed by atoms with Crippen LogP contribution in [0.4, 0.5) is 4.39 Å². The second-order valence-electron chi connectivity index (χ2n) is 6.80. The van der Waals surface area contributed by atoms with Crippen molar-refractivity contribution in [3.63, 3.8) is 0 Å². The van der Waals surface area contributed by atoms with Crippen molar-refractivity contribution in [2.24, 2.45) is 5.41 Å². The fourth-order valence-electron chi connectivity index (χ4n) is 3.73. The van der Waals surface area contributed by atoms with Gasteiger partial charge in [0.05, 0.1) is 19.3 Å². The van der Waals surface area contributed by atoms with Crippen LogP contribution < -0.4 is 0 Å². The number of hydrogen-bond donors (Lipinski definition) is 0. The zero-order valence-electron chi connectivity index (χ0n) is 13.4. The van der Waals surface area contributed by atoms with E-state index < -0.39 is 0 Å². The summed E-state index contributed by atoms with van der Waals surface area (Å²) in [5.74, 6) is -0.170. The molecule has 1 aromatic carbocycles. The van der Waals surface area contributed by atoms with Gasteiger partial charge < -0.3 is 14.4 Å². The van der Waals surface area contributed by atoms with E-state index in [2.05, 4.69) is 4.90 Å². The average molecular weight is 307 g/mol. The second-order valence-corrected chi connectivity index (χ2v) is 6.80. The Bertz CT molecular complexity index is 468. The monoisotopic (exact) mass is 307 g/mol. The molecule has 0 saturated carbocycles. The minimum absolute atomic E-state index is 0.170. The third kappa shape index (κ3) is 3.86. The molecule has 22 heavy (non-hydrogen) atoms. The summed E-state index contributed by atoms with van der Waals surface area (Å²) in [5, 5.41) is 0. The van der Waals surface area contributed by atoms with Gasteiger partial charge in [0.1, 0.15) is 5.82 Å². The molecule has 0 bridgehead atoms. The van der Waals surface area contributed by atoms with Crippen LogP contribution in [0, 0.1) is 11.2 Å². The summed E-state index contributed by atoms with van der Waals surface area (Å²) in [5.41, 5.74) is 1.54. The van der Waals surface area contributed by atoms with Gasteiger partial charge in [-0.1, -0.05) is 12.1 Å². The van der Waals surface area contributed by atoms with Crippen molar-refractivity contribution >= 4 is 0 Å². The molecule has 0 aromatic heterocycles. The first-order valence-electron chi connectivity index (χ1n) is 8.26. The lowest BCUT2D eigenvalue weighted by Crippen LogP contribution is -2.41. The molecule has 0 unspecified atom stereocenters. The number of piperidine rings is 1. The first-order valence-corrected chi connectivity index (χ1v) is 8.26. The lowest BCUT2D eigenvalue weighted by molar-refractivity contribution is 0.0558. The van der Waals surface area contributed by atoms with Crippen LogP contribution in [0.1, 0.15) is 24.8 Å². The highest BCUT2D eigenvalue weighted by Gasteiger charge is 2.42. The van der Waals surface area contributed by atoms with E-state index in [1.807, 2.05) is 12.1 Å². The van der Waals surface area contributed by atoms with Crippen molar-refractivity contribution in [2.75, 3.05) is 40.0 Å². The van der Waals surface area contributed by atoms with Crippen molar-refractivity contribution in [2.45, 2.75) is 31.8 Å². The minimum Gasteiger partial charge on any atom is -0.383 e. The van der Waals surface area contributed by atoms with Crippen LogP contribution in [-0.2, 0) is 15.9 Å². The number of methoxy groups -OCH3 is 1. The van der Waals surface area contributed by atoms with Gasteiger partial charge in [0.15, 0.2) is 0 Å². The molecular formula is C18H26FNO2. The van der Waals surface area contributed by atoms with Crippen LogP contribution in [0.5, 0.6) is 0 Å². The number of nitrogens with zero attached hydrogens (tertiary/aromatic N) is 1. The highest BCUT2D eigenvalue weighted by molar-refractivity contribution is 5.17. The third-order valence-corrected chi connectivity index (χ3v) is 5.19. The molecule has 1 atom stereocenters. The molecular weight excluding hydrogens is 281 g/mol. The molecule has 2 fully saturated rings. The lowest BCUT2D eigenvalue weighted by atomic mass is 9.76. The van der Waals surface area contributed by atoms with Gasteiger partial charge in [0.25, 0.3) is 0 Å². The standard InChI is InChI=1S/C18H26FNO2/c1-21-11-10-20-8-6-18(7-9-20)13-17(22-14-18)12-15-2-4-16(19)5-3-15/h2-5,17H,6-14H2,1H3/t17-/m0/s1. The van der Waals surface area contributed by atoms with Crippen molar-refractivity contribution in [3.8, 4) is 0 Å². The Labute approximate surface area is 132 Å². The molecule has 2 aliphatic heterocycles. The molecule has 0 radical (unpaired) electrons. The van der Waals surface area contributed by atoms with Crippen LogP contribution in [0.15, 0.2) is 24.3 Å². The highest BCUT2D eigenvalue weighted by atomic mass is 19.1. The minimum atomic E-state index is -0.170. The predicted molar refractivity (Wildman–Crippen MR) is 84.4 cm³/mol. The Morgan fingerprint density at radius 1 is 1.27 bits per heavy atom. The fraction of sp³-hybridized carbons (Fsp3) is 0.667. The molecule has 1 aromatic rings. The summed E-state index contributed by atoms with van der Waals surface area (Å²) in [6.07, 6.45) is 4.77. The van der Waals surface area contributed by atoms with E-state index in [1.54, 1.807) is 7.11 Å². The molecule has 0 N–H and O–H groups in total. The normalized spacial score (nSPS) is 24.9. The number of ether oxygens (including phenoxy) is 2. The lowest BCUT2D eigenvalue weighted by Gasteiger charge is -2.38. The fourth-order valence-corrected chi connectivity index (χ4v) is 3.73. The van der Waals surface area contributed by atoms with Crippen molar-refractivity contribution < 1.29 is 13.9 Å². The Balaban J connectivity index is 1.49. The Morgan fingerprint density at radius 2 is 2.00 bits per heavy atom. The molecule has 3 rings (SSSR count). The van der Waals surface area contributed by atoms with Gasteiger partial charge >= 0.3 is 0 Å². The van der Waals surface area contributed by atoms with Gasteiger partial charge in [-0.3, -0.25) is 0 Å². The van der Waals surface area contributed by atoms with Crippen LogP contribution in [-0.4, -0.2) is 51.0 Å². The van der Waals surface area contributed by atoms with E-state index >= 15 is 0 Å². The molecule has 122 valence electrons. The molecule has 2 saturated heterocycles. The van der Waals surface area contributed by atoms with Crippen molar-refractivity contribution in [1.29, 1.82) is 0 Å². The number of hydrogen-bond acceptors (Lipinski definition) is 3. The van der Waals surface area contributed by atoms with Crippen LogP contribution in [0.2, 0.25) is 0 Å². The first-order chi connectivity index (χ1) is 10.7. The van der Waals surface area contributed by atoms with E-state index in [9.17, 15) is 4.39 Å². The maximum Gasteiger partial charge on any atom is 0.123 e. The summed E-state index contributed by atoms with van der Waals surface area (Å²) >= 11 is 0. The smallest absolute Gasteiger partial charge is 0.123 e. The van der Waals surface area contributed by atoms with E-state index in [4.69, 9.17) is 9.47 Å². The number of halogens is 1. The quantitative estimate of drug-likeness (QED) is 0.835. The Hall–Kier alpha value is -0.970. The van der Waals surface area contributed by atoms with Gasteiger partial charge in [-0.25, -0.2) is 4.39 Å². The molecule has 0 aliphatic carbocycles. The largest absolute Gasteiger partial charge is 0.383 e. The number of benzene rings is 1. The zero-order valence-corrected chi connectivity index (χ0v) is 13.4. The van der Waals surface area contributed by atoms with E-state index in [-0.39, 0.29) is 11.9 Å². The van der Waals surface area contributed by atoms with E-state index in [1.165, 1.54) is 30.5 Å². The molecule has 2 aliphatic rings. The summed E-state index contributed by atoms with van der Waals surface area (Å²) in [7, 11) is 1.76. The SMILES string of the molecule is COCCN1CCC2(CC1)CO[C@@H](Cc1ccc(F)cc1)C2. The maximum atomic E-state index is 13.0. The highest BCUT2D eigenvalue weighted by Crippen LogP contribution is 2.42. The van der Waals surface area contributed by atoms with E-state index in [0.717, 1.165) is 45.7 Å². The maximum absolute atomic E-state index is 13.0. The topological polar surface area (TPSA) is 21.7 Å². The first kappa shape index (κ1) is 15.9. The van der Waals surface area contributed by atoms with Crippen molar-refractivity contribution in [3.05, 3.63) is 35.6 Å². The average Bonchev–Trinajstić information content (AvgIpc) is 2.92. The summed E-state index contributed by atoms with van der Waals surface area (Å²) in [6, 6.07) is 6.82. The molecule has 1 spiro atoms.